The Morgan fingerprint density at radius 3 is 2.81 bits per heavy atom. The zero-order valence-corrected chi connectivity index (χ0v) is 8.71. The third-order valence-electron chi connectivity index (χ3n) is 2.17. The van der Waals surface area contributed by atoms with Gasteiger partial charge in [0.1, 0.15) is 0 Å². The number of anilines is 1. The largest absolute Gasteiger partial charge is 0.396 e. The van der Waals surface area contributed by atoms with Crippen molar-refractivity contribution in [2.24, 2.45) is 5.73 Å². The van der Waals surface area contributed by atoms with E-state index in [1.165, 1.54) is 10.9 Å². The van der Waals surface area contributed by atoms with E-state index in [1.54, 1.807) is 6.20 Å². The summed E-state index contributed by atoms with van der Waals surface area (Å²) in [5, 5.41) is 4.00. The number of hydrogen-bond acceptors (Lipinski definition) is 4. The van der Waals surface area contributed by atoms with Crippen molar-refractivity contribution in [3.8, 4) is 5.82 Å². The van der Waals surface area contributed by atoms with Crippen LogP contribution in [0.1, 0.15) is 16.1 Å². The molecule has 0 bridgehead atoms. The number of carbonyl (C=O) groups excluding carboxylic acids is 1. The number of amides is 1. The zero-order chi connectivity index (χ0) is 11.7. The Balaban J connectivity index is 2.54. The van der Waals surface area contributed by atoms with Gasteiger partial charge < -0.3 is 11.5 Å². The molecule has 1 amide bonds. The quantitative estimate of drug-likeness (QED) is 0.753. The number of pyridine rings is 1. The third-order valence-corrected chi connectivity index (χ3v) is 2.17. The van der Waals surface area contributed by atoms with Crippen LogP contribution in [0.15, 0.2) is 24.5 Å². The first-order valence-corrected chi connectivity index (χ1v) is 4.66. The molecule has 2 aromatic heterocycles. The van der Waals surface area contributed by atoms with Crippen LogP contribution in [0.25, 0.3) is 5.82 Å². The molecule has 6 nitrogen and oxygen atoms in total. The molecule has 0 aliphatic heterocycles. The van der Waals surface area contributed by atoms with Gasteiger partial charge in [-0.3, -0.25) is 4.79 Å². The number of hydrogen-bond donors (Lipinski definition) is 2. The smallest absolute Gasteiger partial charge is 0.271 e. The lowest BCUT2D eigenvalue weighted by Crippen LogP contribution is -2.14. The number of rotatable bonds is 2. The van der Waals surface area contributed by atoms with E-state index in [1.807, 2.05) is 19.1 Å². The molecule has 2 heterocycles. The highest BCUT2D eigenvalue weighted by molar-refractivity contribution is 5.95. The molecule has 6 heteroatoms. The van der Waals surface area contributed by atoms with Gasteiger partial charge in [0.25, 0.3) is 5.91 Å². The third kappa shape index (κ3) is 1.60. The maximum atomic E-state index is 11.0. The second-order valence-electron chi connectivity index (χ2n) is 3.39. The molecule has 0 unspecified atom stereocenters. The Bertz CT molecular complexity index is 546. The molecular formula is C10H11N5O. The SMILES string of the molecule is Cc1cccnc1-n1cc(N)c(C(N)=O)n1. The van der Waals surface area contributed by atoms with Crippen molar-refractivity contribution in [2.75, 3.05) is 5.73 Å². The molecule has 0 aliphatic rings. The molecule has 0 saturated carbocycles. The normalized spacial score (nSPS) is 10.3. The first kappa shape index (κ1) is 10.2. The lowest BCUT2D eigenvalue weighted by Gasteiger charge is -2.02. The van der Waals surface area contributed by atoms with E-state index >= 15 is 0 Å². The molecule has 0 fully saturated rings. The Hall–Kier alpha value is -2.37. The average Bonchev–Trinajstić information content (AvgIpc) is 2.61. The van der Waals surface area contributed by atoms with Gasteiger partial charge in [-0.15, -0.1) is 0 Å². The van der Waals surface area contributed by atoms with Crippen LogP contribution in [0.3, 0.4) is 0 Å². The molecule has 0 spiro atoms. The number of aryl methyl sites for hydroxylation is 1. The predicted octanol–water partition coefficient (Wildman–Crippen LogP) is 0.257. The Kier molecular flexibility index (Phi) is 2.32. The topological polar surface area (TPSA) is 99.8 Å². The number of aromatic nitrogens is 3. The van der Waals surface area contributed by atoms with Crippen LogP contribution in [0, 0.1) is 6.92 Å². The van der Waals surface area contributed by atoms with Gasteiger partial charge >= 0.3 is 0 Å². The van der Waals surface area contributed by atoms with Crippen LogP contribution in [-0.2, 0) is 0 Å². The minimum Gasteiger partial charge on any atom is -0.396 e. The Labute approximate surface area is 91.9 Å². The van der Waals surface area contributed by atoms with Crippen LogP contribution >= 0.6 is 0 Å². The summed E-state index contributed by atoms with van der Waals surface area (Å²) in [6.07, 6.45) is 3.17. The monoisotopic (exact) mass is 217 g/mol. The van der Waals surface area contributed by atoms with Gasteiger partial charge in [-0.25, -0.2) is 9.67 Å². The molecule has 82 valence electrons. The highest BCUT2D eigenvalue weighted by atomic mass is 16.1. The van der Waals surface area contributed by atoms with Crippen LogP contribution in [0.2, 0.25) is 0 Å². The summed E-state index contributed by atoms with van der Waals surface area (Å²) in [6, 6.07) is 3.71. The van der Waals surface area contributed by atoms with Gasteiger partial charge in [0.15, 0.2) is 11.5 Å². The fourth-order valence-corrected chi connectivity index (χ4v) is 1.40. The van der Waals surface area contributed by atoms with E-state index in [4.69, 9.17) is 11.5 Å². The van der Waals surface area contributed by atoms with Crippen LogP contribution < -0.4 is 11.5 Å². The summed E-state index contributed by atoms with van der Waals surface area (Å²) in [6.45, 7) is 1.89. The van der Waals surface area contributed by atoms with Crippen LogP contribution in [0.4, 0.5) is 5.69 Å². The summed E-state index contributed by atoms with van der Waals surface area (Å²) in [5.41, 5.74) is 12.0. The van der Waals surface area contributed by atoms with Crippen molar-refractivity contribution >= 4 is 11.6 Å². The number of carbonyl (C=O) groups is 1. The van der Waals surface area contributed by atoms with E-state index < -0.39 is 5.91 Å². The maximum absolute atomic E-state index is 11.0. The van der Waals surface area contributed by atoms with E-state index in [0.29, 0.717) is 5.82 Å². The molecule has 2 aromatic rings. The number of nitrogens with two attached hydrogens (primary N) is 2. The van der Waals surface area contributed by atoms with Gasteiger partial charge in [-0.1, -0.05) is 6.07 Å². The maximum Gasteiger partial charge on any atom is 0.271 e. The van der Waals surface area contributed by atoms with Gasteiger partial charge in [-0.05, 0) is 18.6 Å². The Morgan fingerprint density at radius 2 is 2.25 bits per heavy atom. The van der Waals surface area contributed by atoms with Gasteiger partial charge in [0.2, 0.25) is 0 Å². The molecule has 0 atom stereocenters. The molecule has 0 aromatic carbocycles. The molecule has 2 rings (SSSR count). The molecule has 0 aliphatic carbocycles. The standard InChI is InChI=1S/C10H11N5O/c1-6-3-2-4-13-10(6)15-5-7(11)8(14-15)9(12)16/h2-5H,11H2,1H3,(H2,12,16). The molecule has 0 radical (unpaired) electrons. The summed E-state index contributed by atoms with van der Waals surface area (Å²) < 4.78 is 1.45. The molecule has 4 N–H and O–H groups in total. The number of primary amides is 1. The van der Waals surface area contributed by atoms with Crippen molar-refractivity contribution in [3.63, 3.8) is 0 Å². The molecular weight excluding hydrogens is 206 g/mol. The van der Waals surface area contributed by atoms with E-state index in [9.17, 15) is 4.79 Å². The number of nitrogens with zero attached hydrogens (tertiary/aromatic N) is 3. The van der Waals surface area contributed by atoms with Crippen LogP contribution in [-0.4, -0.2) is 20.7 Å². The van der Waals surface area contributed by atoms with Gasteiger partial charge in [0.05, 0.1) is 11.9 Å². The lowest BCUT2D eigenvalue weighted by atomic mass is 10.3. The first-order valence-electron chi connectivity index (χ1n) is 4.66. The van der Waals surface area contributed by atoms with Gasteiger partial charge in [-0.2, -0.15) is 5.10 Å². The van der Waals surface area contributed by atoms with E-state index in [2.05, 4.69) is 10.1 Å². The van der Waals surface area contributed by atoms with E-state index in [0.717, 1.165) is 5.56 Å². The zero-order valence-electron chi connectivity index (χ0n) is 8.71. The summed E-state index contributed by atoms with van der Waals surface area (Å²) in [4.78, 5) is 15.2. The fraction of sp³-hybridized carbons (Fsp3) is 0.100. The van der Waals surface area contributed by atoms with Crippen LogP contribution in [0.5, 0.6) is 0 Å². The minimum atomic E-state index is -0.648. The van der Waals surface area contributed by atoms with Gasteiger partial charge in [0, 0.05) is 6.20 Å². The predicted molar refractivity (Wildman–Crippen MR) is 59.0 cm³/mol. The second kappa shape index (κ2) is 3.65. The summed E-state index contributed by atoms with van der Waals surface area (Å²) in [5.74, 6) is -0.0217. The summed E-state index contributed by atoms with van der Waals surface area (Å²) in [7, 11) is 0. The van der Waals surface area contributed by atoms with Crippen molar-refractivity contribution in [1.29, 1.82) is 0 Å². The Morgan fingerprint density at radius 1 is 1.50 bits per heavy atom. The van der Waals surface area contributed by atoms with Crippen molar-refractivity contribution < 1.29 is 4.79 Å². The van der Waals surface area contributed by atoms with Crippen molar-refractivity contribution in [1.82, 2.24) is 14.8 Å². The highest BCUT2D eigenvalue weighted by Crippen LogP contribution is 2.14. The minimum absolute atomic E-state index is 0.0602. The fourth-order valence-electron chi connectivity index (χ4n) is 1.40. The first-order chi connectivity index (χ1) is 7.59. The average molecular weight is 217 g/mol. The molecule has 16 heavy (non-hydrogen) atoms. The second-order valence-corrected chi connectivity index (χ2v) is 3.39. The summed E-state index contributed by atoms with van der Waals surface area (Å²) >= 11 is 0. The van der Waals surface area contributed by atoms with Crippen molar-refractivity contribution in [3.05, 3.63) is 35.8 Å². The van der Waals surface area contributed by atoms with Crippen molar-refractivity contribution in [2.45, 2.75) is 6.92 Å². The lowest BCUT2D eigenvalue weighted by molar-refractivity contribution is 0.0996. The number of nitrogen functional groups attached to an aromatic ring is 1. The van der Waals surface area contributed by atoms with E-state index in [-0.39, 0.29) is 11.4 Å². The highest BCUT2D eigenvalue weighted by Gasteiger charge is 2.13. The molecule has 0 saturated heterocycles.